The normalized spacial score (nSPS) is 18.3. The van der Waals surface area contributed by atoms with Crippen LogP contribution in [-0.4, -0.2) is 71.7 Å². The highest BCUT2D eigenvalue weighted by atomic mass is 16.2. The van der Waals surface area contributed by atoms with Gasteiger partial charge in [-0.2, -0.15) is 5.10 Å². The molecule has 27 heavy (non-hydrogen) atoms. The minimum Gasteiger partial charge on any atom is -0.367 e. The molecule has 0 atom stereocenters. The van der Waals surface area contributed by atoms with Crippen molar-refractivity contribution in [3.63, 3.8) is 0 Å². The van der Waals surface area contributed by atoms with E-state index >= 15 is 0 Å². The largest absolute Gasteiger partial charge is 0.367 e. The summed E-state index contributed by atoms with van der Waals surface area (Å²) in [5, 5.41) is 6.86. The van der Waals surface area contributed by atoms with Gasteiger partial charge in [-0.25, -0.2) is 5.10 Å². The number of hydrogen-bond donors (Lipinski definition) is 1. The third kappa shape index (κ3) is 4.03. The fourth-order valence-corrected chi connectivity index (χ4v) is 3.86. The third-order valence-corrected chi connectivity index (χ3v) is 5.41. The maximum absolute atomic E-state index is 11.9. The summed E-state index contributed by atoms with van der Waals surface area (Å²) in [7, 11) is 0. The third-order valence-electron chi connectivity index (χ3n) is 5.41. The Bertz CT molecular complexity index is 843. The summed E-state index contributed by atoms with van der Waals surface area (Å²) in [5.41, 5.74) is 2.52. The molecule has 0 spiro atoms. The van der Waals surface area contributed by atoms with Gasteiger partial charge >= 0.3 is 0 Å². The Morgan fingerprint density at radius 2 is 1.74 bits per heavy atom. The average molecular weight is 367 g/mol. The lowest BCUT2D eigenvalue weighted by atomic mass is 10.1. The zero-order valence-electron chi connectivity index (χ0n) is 15.4. The summed E-state index contributed by atoms with van der Waals surface area (Å²) in [4.78, 5) is 30.2. The number of carbonyl (C=O) groups is 1. The number of aromatic nitrogens is 2. The van der Waals surface area contributed by atoms with Crippen LogP contribution in [0.15, 0.2) is 41.2 Å². The van der Waals surface area contributed by atoms with Crippen molar-refractivity contribution >= 4 is 11.6 Å². The van der Waals surface area contributed by atoms with E-state index in [0.29, 0.717) is 6.42 Å². The number of carbonyl (C=O) groups excluding carboxylic acids is 1. The average Bonchev–Trinajstić information content (AvgIpc) is 3.12. The molecule has 4 rings (SSSR count). The molecule has 3 heterocycles. The number of nitrogens with zero attached hydrogens (tertiary/aromatic N) is 4. The van der Waals surface area contributed by atoms with Gasteiger partial charge in [-0.15, -0.1) is 0 Å². The van der Waals surface area contributed by atoms with Crippen molar-refractivity contribution in [2.24, 2.45) is 0 Å². The Balaban J connectivity index is 1.41. The Morgan fingerprint density at radius 1 is 0.963 bits per heavy atom. The summed E-state index contributed by atoms with van der Waals surface area (Å²) in [6.45, 7) is 6.17. The van der Waals surface area contributed by atoms with Crippen LogP contribution in [0.25, 0.3) is 11.3 Å². The van der Waals surface area contributed by atoms with E-state index in [-0.39, 0.29) is 11.5 Å². The summed E-state index contributed by atoms with van der Waals surface area (Å²) < 4.78 is 0. The van der Waals surface area contributed by atoms with Gasteiger partial charge in [-0.3, -0.25) is 14.5 Å². The molecular formula is C20H25N5O2. The molecule has 0 bridgehead atoms. The van der Waals surface area contributed by atoms with Crippen LogP contribution >= 0.6 is 0 Å². The number of rotatable bonds is 5. The summed E-state index contributed by atoms with van der Waals surface area (Å²) in [5.74, 6) is 0.288. The predicted molar refractivity (Wildman–Crippen MR) is 105 cm³/mol. The Hall–Kier alpha value is -2.67. The second kappa shape index (κ2) is 7.92. The summed E-state index contributed by atoms with van der Waals surface area (Å²) in [6.07, 6.45) is 1.69. The van der Waals surface area contributed by atoms with Crippen LogP contribution in [0.4, 0.5) is 5.69 Å². The molecule has 1 amide bonds. The van der Waals surface area contributed by atoms with Gasteiger partial charge in [0.2, 0.25) is 5.91 Å². The van der Waals surface area contributed by atoms with Crippen LogP contribution < -0.4 is 10.5 Å². The lowest BCUT2D eigenvalue weighted by molar-refractivity contribution is -0.127. The molecule has 1 aromatic heterocycles. The van der Waals surface area contributed by atoms with Crippen LogP contribution in [-0.2, 0) is 4.79 Å². The van der Waals surface area contributed by atoms with E-state index in [9.17, 15) is 9.59 Å². The smallest absolute Gasteiger partial charge is 0.266 e. The van der Waals surface area contributed by atoms with E-state index in [2.05, 4.69) is 20.0 Å². The number of likely N-dealkylation sites (tertiary alicyclic amines) is 1. The van der Waals surface area contributed by atoms with Crippen molar-refractivity contribution in [2.75, 3.05) is 50.7 Å². The van der Waals surface area contributed by atoms with Crippen LogP contribution in [0.5, 0.6) is 0 Å². The molecule has 7 nitrogen and oxygen atoms in total. The zero-order chi connectivity index (χ0) is 18.6. The van der Waals surface area contributed by atoms with Gasteiger partial charge in [0.1, 0.15) is 5.69 Å². The van der Waals surface area contributed by atoms with Crippen molar-refractivity contribution in [3.8, 4) is 11.3 Å². The van der Waals surface area contributed by atoms with Crippen LogP contribution in [0, 0.1) is 0 Å². The van der Waals surface area contributed by atoms with Crippen molar-refractivity contribution in [3.05, 3.63) is 46.8 Å². The van der Waals surface area contributed by atoms with Crippen molar-refractivity contribution in [2.45, 2.75) is 12.8 Å². The van der Waals surface area contributed by atoms with E-state index in [1.165, 1.54) is 0 Å². The number of aromatic amines is 1. The van der Waals surface area contributed by atoms with E-state index in [4.69, 9.17) is 0 Å². The second-order valence-electron chi connectivity index (χ2n) is 7.15. The molecule has 0 aliphatic carbocycles. The molecule has 142 valence electrons. The molecule has 1 aromatic carbocycles. The van der Waals surface area contributed by atoms with Gasteiger partial charge in [0.25, 0.3) is 5.56 Å². The summed E-state index contributed by atoms with van der Waals surface area (Å²) in [6, 6.07) is 11.6. The predicted octanol–water partition coefficient (Wildman–Crippen LogP) is 1.18. The van der Waals surface area contributed by atoms with Gasteiger partial charge in [-0.05, 0) is 6.42 Å². The molecule has 0 saturated carbocycles. The topological polar surface area (TPSA) is 72.5 Å². The standard InChI is InChI=1S/C20H25N5O2/c26-18-15-17(20(22-21-18)16-5-2-1-3-6-16)24-12-9-23(10-13-24)11-14-25-8-4-7-19(25)27/h1-3,5-6,15H,4,7-14H2,(H,21,26). The molecule has 2 aromatic rings. The first kappa shape index (κ1) is 17.7. The number of anilines is 1. The SMILES string of the molecule is O=C1CCCN1CCN1CCN(c2cc(=O)[nH]nc2-c2ccccc2)CC1. The molecule has 0 unspecified atom stereocenters. The highest BCUT2D eigenvalue weighted by molar-refractivity contribution is 5.78. The highest BCUT2D eigenvalue weighted by Crippen LogP contribution is 2.27. The first-order valence-electron chi connectivity index (χ1n) is 9.61. The number of hydrogen-bond acceptors (Lipinski definition) is 5. The monoisotopic (exact) mass is 367 g/mol. The molecule has 2 saturated heterocycles. The van der Waals surface area contributed by atoms with Gasteiger partial charge < -0.3 is 9.80 Å². The summed E-state index contributed by atoms with van der Waals surface area (Å²) >= 11 is 0. The number of amides is 1. The minimum absolute atomic E-state index is 0.181. The lowest BCUT2D eigenvalue weighted by Crippen LogP contribution is -2.49. The van der Waals surface area contributed by atoms with E-state index < -0.39 is 0 Å². The maximum Gasteiger partial charge on any atom is 0.266 e. The second-order valence-corrected chi connectivity index (χ2v) is 7.15. The quantitative estimate of drug-likeness (QED) is 0.859. The number of H-pyrrole nitrogens is 1. The zero-order valence-corrected chi connectivity index (χ0v) is 15.4. The van der Waals surface area contributed by atoms with E-state index in [0.717, 1.165) is 69.2 Å². The minimum atomic E-state index is -0.181. The fourth-order valence-electron chi connectivity index (χ4n) is 3.86. The molecule has 2 aliphatic rings. The maximum atomic E-state index is 11.9. The van der Waals surface area contributed by atoms with Gasteiger partial charge in [0.05, 0.1) is 5.69 Å². The molecular weight excluding hydrogens is 342 g/mol. The van der Waals surface area contributed by atoms with E-state index in [1.54, 1.807) is 6.07 Å². The van der Waals surface area contributed by atoms with Gasteiger partial charge in [0.15, 0.2) is 0 Å². The number of nitrogens with one attached hydrogen (secondary N) is 1. The molecule has 2 aliphatic heterocycles. The Labute approximate surface area is 158 Å². The number of benzene rings is 1. The highest BCUT2D eigenvalue weighted by Gasteiger charge is 2.23. The molecule has 1 N–H and O–H groups in total. The Kier molecular flexibility index (Phi) is 5.20. The number of piperazine rings is 1. The molecule has 2 fully saturated rings. The first-order chi connectivity index (χ1) is 13.2. The van der Waals surface area contributed by atoms with Crippen molar-refractivity contribution < 1.29 is 4.79 Å². The van der Waals surface area contributed by atoms with Crippen LogP contribution in [0.2, 0.25) is 0 Å². The van der Waals surface area contributed by atoms with Crippen LogP contribution in [0.1, 0.15) is 12.8 Å². The van der Waals surface area contributed by atoms with Crippen molar-refractivity contribution in [1.82, 2.24) is 20.0 Å². The van der Waals surface area contributed by atoms with Gasteiger partial charge in [0, 0.05) is 63.9 Å². The van der Waals surface area contributed by atoms with E-state index in [1.807, 2.05) is 35.2 Å². The molecule has 7 heteroatoms. The fraction of sp³-hybridized carbons (Fsp3) is 0.450. The lowest BCUT2D eigenvalue weighted by Gasteiger charge is -2.37. The van der Waals surface area contributed by atoms with Crippen molar-refractivity contribution in [1.29, 1.82) is 0 Å². The first-order valence-corrected chi connectivity index (χ1v) is 9.61. The molecule has 0 radical (unpaired) electrons. The van der Waals surface area contributed by atoms with Gasteiger partial charge in [-0.1, -0.05) is 30.3 Å². The van der Waals surface area contributed by atoms with Crippen LogP contribution in [0.3, 0.4) is 0 Å². The Morgan fingerprint density at radius 3 is 2.44 bits per heavy atom.